The fourth-order valence-corrected chi connectivity index (χ4v) is 3.07. The molecule has 1 fully saturated rings. The Morgan fingerprint density at radius 2 is 2.16 bits per heavy atom. The lowest BCUT2D eigenvalue weighted by Gasteiger charge is -2.24. The standard InChI is InChI=1S/C12H11N3O3S/c1-6-13-8-5-19-4-7(8)12(18)15(6)9-2-3-10(16)14-11(9)17/h4-5,9H,2-3H2,1H3,(H,14,16,17). The number of amides is 2. The maximum absolute atomic E-state index is 12.4. The SMILES string of the molecule is Cc1nc2cscc2c(=O)n1C1CCC(=O)NC1=O. The molecule has 7 heteroatoms. The van der Waals surface area contributed by atoms with Crippen LogP contribution in [0.25, 0.3) is 10.9 Å². The number of thiophene rings is 1. The fourth-order valence-electron chi connectivity index (χ4n) is 2.34. The molecule has 2 aromatic heterocycles. The lowest BCUT2D eigenvalue weighted by atomic mass is 10.1. The third-order valence-corrected chi connectivity index (χ3v) is 3.97. The Hall–Kier alpha value is -2.02. The number of nitrogens with zero attached hydrogens (tertiary/aromatic N) is 2. The van der Waals surface area contributed by atoms with Gasteiger partial charge in [0.25, 0.3) is 5.56 Å². The summed E-state index contributed by atoms with van der Waals surface area (Å²) in [5.41, 5.74) is 0.425. The normalized spacial score (nSPS) is 19.7. The summed E-state index contributed by atoms with van der Waals surface area (Å²) in [6.45, 7) is 1.70. The van der Waals surface area contributed by atoms with Crippen LogP contribution in [0.15, 0.2) is 15.6 Å². The van der Waals surface area contributed by atoms with Gasteiger partial charge in [-0.3, -0.25) is 24.3 Å². The van der Waals surface area contributed by atoms with Crippen LogP contribution in [0, 0.1) is 6.92 Å². The van der Waals surface area contributed by atoms with Crippen molar-refractivity contribution >= 4 is 34.1 Å². The Kier molecular flexibility index (Phi) is 2.70. The molecule has 1 saturated heterocycles. The van der Waals surface area contributed by atoms with Crippen molar-refractivity contribution in [3.05, 3.63) is 26.9 Å². The molecule has 1 unspecified atom stereocenters. The fraction of sp³-hybridized carbons (Fsp3) is 0.333. The molecule has 6 nitrogen and oxygen atoms in total. The van der Waals surface area contributed by atoms with Crippen molar-refractivity contribution < 1.29 is 9.59 Å². The number of aryl methyl sites for hydroxylation is 1. The van der Waals surface area contributed by atoms with Crippen LogP contribution < -0.4 is 10.9 Å². The maximum Gasteiger partial charge on any atom is 0.262 e. The molecule has 0 bridgehead atoms. The lowest BCUT2D eigenvalue weighted by Crippen LogP contribution is -2.45. The van der Waals surface area contributed by atoms with Gasteiger partial charge in [-0.05, 0) is 13.3 Å². The zero-order valence-corrected chi connectivity index (χ0v) is 11.0. The molecule has 2 aromatic rings. The average Bonchev–Trinajstić information content (AvgIpc) is 2.80. The molecule has 98 valence electrons. The van der Waals surface area contributed by atoms with Crippen LogP contribution in [0.3, 0.4) is 0 Å². The van der Waals surface area contributed by atoms with Gasteiger partial charge in [-0.1, -0.05) is 0 Å². The van der Waals surface area contributed by atoms with Crippen LogP contribution in [0.2, 0.25) is 0 Å². The van der Waals surface area contributed by atoms with E-state index in [1.165, 1.54) is 15.9 Å². The maximum atomic E-state index is 12.4. The average molecular weight is 277 g/mol. The van der Waals surface area contributed by atoms with Crippen LogP contribution in [0.4, 0.5) is 0 Å². The summed E-state index contributed by atoms with van der Waals surface area (Å²) in [6.07, 6.45) is 0.576. The Morgan fingerprint density at radius 3 is 2.89 bits per heavy atom. The van der Waals surface area contributed by atoms with E-state index in [1.54, 1.807) is 17.7 Å². The second kappa shape index (κ2) is 4.27. The summed E-state index contributed by atoms with van der Waals surface area (Å²) in [6, 6.07) is -0.651. The number of nitrogens with one attached hydrogen (secondary N) is 1. The monoisotopic (exact) mass is 277 g/mol. The van der Waals surface area contributed by atoms with E-state index >= 15 is 0 Å². The van der Waals surface area contributed by atoms with Crippen molar-refractivity contribution in [3.8, 4) is 0 Å². The molecule has 1 atom stereocenters. The van der Waals surface area contributed by atoms with Crippen molar-refractivity contribution in [3.63, 3.8) is 0 Å². The van der Waals surface area contributed by atoms with Crippen molar-refractivity contribution in [1.82, 2.24) is 14.9 Å². The predicted molar refractivity (Wildman–Crippen MR) is 70.0 cm³/mol. The molecule has 0 radical (unpaired) electrons. The van der Waals surface area contributed by atoms with E-state index < -0.39 is 11.9 Å². The zero-order chi connectivity index (χ0) is 13.6. The summed E-state index contributed by atoms with van der Waals surface area (Å²) in [5, 5.41) is 6.31. The van der Waals surface area contributed by atoms with Gasteiger partial charge < -0.3 is 0 Å². The first-order valence-electron chi connectivity index (χ1n) is 5.86. The Morgan fingerprint density at radius 1 is 1.37 bits per heavy atom. The summed E-state index contributed by atoms with van der Waals surface area (Å²) >= 11 is 1.40. The molecular weight excluding hydrogens is 266 g/mol. The minimum absolute atomic E-state index is 0.224. The van der Waals surface area contributed by atoms with Crippen molar-refractivity contribution in [2.75, 3.05) is 0 Å². The molecule has 0 aliphatic carbocycles. The molecular formula is C12H11N3O3S. The van der Waals surface area contributed by atoms with Gasteiger partial charge in [-0.15, -0.1) is 11.3 Å². The highest BCUT2D eigenvalue weighted by Crippen LogP contribution is 2.20. The number of aromatic nitrogens is 2. The Labute approximate surface area is 112 Å². The van der Waals surface area contributed by atoms with Gasteiger partial charge in [-0.2, -0.15) is 0 Å². The van der Waals surface area contributed by atoms with Gasteiger partial charge in [0.15, 0.2) is 0 Å². The van der Waals surface area contributed by atoms with Crippen molar-refractivity contribution in [1.29, 1.82) is 0 Å². The Balaban J connectivity index is 2.17. The van der Waals surface area contributed by atoms with E-state index in [-0.39, 0.29) is 17.9 Å². The summed E-state index contributed by atoms with van der Waals surface area (Å²) < 4.78 is 1.39. The van der Waals surface area contributed by atoms with Crippen LogP contribution >= 0.6 is 11.3 Å². The van der Waals surface area contributed by atoms with Gasteiger partial charge >= 0.3 is 0 Å². The quantitative estimate of drug-likeness (QED) is 0.780. The highest BCUT2D eigenvalue weighted by molar-refractivity contribution is 7.09. The minimum Gasteiger partial charge on any atom is -0.295 e. The molecule has 0 saturated carbocycles. The summed E-state index contributed by atoms with van der Waals surface area (Å²) in [4.78, 5) is 39.8. The largest absolute Gasteiger partial charge is 0.295 e. The van der Waals surface area contributed by atoms with Crippen LogP contribution in [0.5, 0.6) is 0 Å². The molecule has 19 heavy (non-hydrogen) atoms. The number of piperidine rings is 1. The zero-order valence-electron chi connectivity index (χ0n) is 10.2. The molecule has 1 aliphatic heterocycles. The molecule has 1 N–H and O–H groups in total. The van der Waals surface area contributed by atoms with E-state index in [2.05, 4.69) is 10.3 Å². The predicted octanol–water partition coefficient (Wildman–Crippen LogP) is 0.744. The van der Waals surface area contributed by atoms with Crippen LogP contribution in [-0.4, -0.2) is 21.4 Å². The van der Waals surface area contributed by atoms with Gasteiger partial charge in [0, 0.05) is 17.2 Å². The second-order valence-corrected chi connectivity index (χ2v) is 5.22. The number of carbonyl (C=O) groups excluding carboxylic acids is 2. The number of rotatable bonds is 1. The third kappa shape index (κ3) is 1.86. The van der Waals surface area contributed by atoms with E-state index in [0.29, 0.717) is 23.1 Å². The van der Waals surface area contributed by atoms with Crippen molar-refractivity contribution in [2.24, 2.45) is 0 Å². The molecule has 1 aliphatic rings. The molecule has 2 amide bonds. The third-order valence-electron chi connectivity index (χ3n) is 3.24. The van der Waals surface area contributed by atoms with Crippen molar-refractivity contribution in [2.45, 2.75) is 25.8 Å². The first-order valence-corrected chi connectivity index (χ1v) is 6.81. The van der Waals surface area contributed by atoms with E-state index in [0.717, 1.165) is 0 Å². The van der Waals surface area contributed by atoms with Crippen LogP contribution in [0.1, 0.15) is 24.7 Å². The van der Waals surface area contributed by atoms with Gasteiger partial charge in [0.05, 0.1) is 10.9 Å². The Bertz CT molecular complexity index is 746. The topological polar surface area (TPSA) is 81.1 Å². The number of fused-ring (bicyclic) bond motifs is 1. The smallest absolute Gasteiger partial charge is 0.262 e. The highest BCUT2D eigenvalue weighted by Gasteiger charge is 2.30. The minimum atomic E-state index is -0.651. The molecule has 0 aromatic carbocycles. The summed E-state index contributed by atoms with van der Waals surface area (Å²) in [5.74, 6) is -0.236. The first-order chi connectivity index (χ1) is 9.08. The number of imide groups is 1. The second-order valence-electron chi connectivity index (χ2n) is 4.47. The number of hydrogen-bond acceptors (Lipinski definition) is 5. The van der Waals surface area contributed by atoms with Gasteiger partial charge in [-0.25, -0.2) is 4.98 Å². The van der Waals surface area contributed by atoms with E-state index in [9.17, 15) is 14.4 Å². The number of carbonyl (C=O) groups is 2. The van der Waals surface area contributed by atoms with Gasteiger partial charge in [0.2, 0.25) is 11.8 Å². The van der Waals surface area contributed by atoms with Crippen LogP contribution in [-0.2, 0) is 9.59 Å². The van der Waals surface area contributed by atoms with Gasteiger partial charge in [0.1, 0.15) is 11.9 Å². The number of hydrogen-bond donors (Lipinski definition) is 1. The van der Waals surface area contributed by atoms with E-state index in [1.807, 2.05) is 0 Å². The summed E-state index contributed by atoms with van der Waals surface area (Å²) in [7, 11) is 0. The highest BCUT2D eigenvalue weighted by atomic mass is 32.1. The lowest BCUT2D eigenvalue weighted by molar-refractivity contribution is -0.135. The first kappa shape index (κ1) is 12.0. The molecule has 3 rings (SSSR count). The molecule has 3 heterocycles. The molecule has 0 spiro atoms. The van der Waals surface area contributed by atoms with E-state index in [4.69, 9.17) is 0 Å².